The molecule has 0 aliphatic heterocycles. The molecule has 0 spiro atoms. The number of hydrogen-bond acceptors (Lipinski definition) is 5. The lowest BCUT2D eigenvalue weighted by Gasteiger charge is -2.07. The summed E-state index contributed by atoms with van der Waals surface area (Å²) in [5, 5.41) is 12.6. The lowest BCUT2D eigenvalue weighted by molar-refractivity contribution is -0.123. The third kappa shape index (κ3) is 6.58. The number of carbonyl (C=O) groups is 1. The Kier molecular flexibility index (Phi) is 7.13. The molecule has 0 fully saturated rings. The van der Waals surface area contributed by atoms with Crippen molar-refractivity contribution in [1.82, 2.24) is 20.4 Å². The third-order valence-electron chi connectivity index (χ3n) is 3.86. The van der Waals surface area contributed by atoms with Crippen LogP contribution in [0.1, 0.15) is 16.8 Å². The van der Waals surface area contributed by atoms with Crippen molar-refractivity contribution in [2.24, 2.45) is 5.10 Å². The van der Waals surface area contributed by atoms with Crippen LogP contribution in [0.15, 0.2) is 65.9 Å². The van der Waals surface area contributed by atoms with Crippen LogP contribution < -0.4 is 10.2 Å². The molecule has 1 heterocycles. The highest BCUT2D eigenvalue weighted by Gasteiger charge is 2.04. The highest BCUT2D eigenvalue weighted by atomic mass is 35.5. The van der Waals surface area contributed by atoms with E-state index < -0.39 is 0 Å². The number of nitrogens with one attached hydrogen (secondary N) is 1. The predicted octanol–water partition coefficient (Wildman–Crippen LogP) is 3.48. The molecule has 3 rings (SSSR count). The maximum Gasteiger partial charge on any atom is 0.277 e. The number of carbonyl (C=O) groups excluding carboxylic acids is 1. The van der Waals surface area contributed by atoms with Crippen LogP contribution in [0.4, 0.5) is 0 Å². The molecule has 0 bridgehead atoms. The van der Waals surface area contributed by atoms with Gasteiger partial charge in [0, 0.05) is 11.2 Å². The number of rotatable bonds is 8. The first kappa shape index (κ1) is 20.3. The van der Waals surface area contributed by atoms with Gasteiger partial charge in [-0.2, -0.15) is 5.10 Å². The van der Waals surface area contributed by atoms with Gasteiger partial charge in [-0.05, 0) is 48.4 Å². The fraction of sp³-hybridized carbons (Fsp3) is 0.143. The van der Waals surface area contributed by atoms with Crippen LogP contribution in [0.5, 0.6) is 5.75 Å². The van der Waals surface area contributed by atoms with Crippen LogP contribution in [-0.4, -0.2) is 33.7 Å². The maximum atomic E-state index is 11.8. The number of hydrogen-bond donors (Lipinski definition) is 1. The maximum absolute atomic E-state index is 11.8. The van der Waals surface area contributed by atoms with Crippen molar-refractivity contribution < 1.29 is 9.53 Å². The number of aryl methyl sites for hydroxylation is 1. The third-order valence-corrected chi connectivity index (χ3v) is 4.09. The fourth-order valence-corrected chi connectivity index (χ4v) is 2.71. The number of amides is 1. The smallest absolute Gasteiger partial charge is 0.277 e. The average molecular weight is 410 g/mol. The second-order valence-electron chi connectivity index (χ2n) is 6.20. The zero-order valence-electron chi connectivity index (χ0n) is 15.8. The molecule has 8 heteroatoms. The summed E-state index contributed by atoms with van der Waals surface area (Å²) in [6.07, 6.45) is 6.71. The number of benzene rings is 2. The Hall–Kier alpha value is -3.45. The van der Waals surface area contributed by atoms with E-state index in [-0.39, 0.29) is 12.5 Å². The first-order valence-electron chi connectivity index (χ1n) is 8.92. The van der Waals surface area contributed by atoms with Gasteiger partial charge in [0.1, 0.15) is 11.4 Å². The molecule has 0 unspecified atom stereocenters. The molecule has 3 aromatic rings. The summed E-state index contributed by atoms with van der Waals surface area (Å²) in [7, 11) is 0. The summed E-state index contributed by atoms with van der Waals surface area (Å²) in [4.78, 5) is 11.8. The van der Waals surface area contributed by atoms with Crippen molar-refractivity contribution in [2.45, 2.75) is 13.5 Å². The van der Waals surface area contributed by atoms with E-state index in [2.05, 4.69) is 20.8 Å². The molecular weight excluding hydrogens is 390 g/mol. The molecule has 0 saturated heterocycles. The lowest BCUT2D eigenvalue weighted by atomic mass is 10.2. The van der Waals surface area contributed by atoms with Crippen LogP contribution >= 0.6 is 11.6 Å². The van der Waals surface area contributed by atoms with Crippen molar-refractivity contribution in [3.05, 3.63) is 82.6 Å². The van der Waals surface area contributed by atoms with Gasteiger partial charge < -0.3 is 4.74 Å². The van der Waals surface area contributed by atoms with Crippen molar-refractivity contribution in [1.29, 1.82) is 0 Å². The van der Waals surface area contributed by atoms with E-state index in [0.29, 0.717) is 23.0 Å². The van der Waals surface area contributed by atoms with Gasteiger partial charge in [0.15, 0.2) is 6.61 Å². The first-order chi connectivity index (χ1) is 14.1. The molecule has 1 amide bonds. The lowest BCUT2D eigenvalue weighted by Crippen LogP contribution is -2.24. The highest BCUT2D eigenvalue weighted by molar-refractivity contribution is 6.30. The normalized spacial score (nSPS) is 11.2. The summed E-state index contributed by atoms with van der Waals surface area (Å²) in [5.41, 5.74) is 5.09. The Morgan fingerprint density at radius 1 is 1.28 bits per heavy atom. The Morgan fingerprint density at radius 3 is 2.90 bits per heavy atom. The number of ether oxygens (including phenoxy) is 1. The molecule has 29 heavy (non-hydrogen) atoms. The van der Waals surface area contributed by atoms with E-state index in [1.54, 1.807) is 35.0 Å². The Bertz CT molecular complexity index is 1010. The molecule has 0 aliphatic rings. The minimum atomic E-state index is -0.363. The standard InChI is InChI=1S/C21H20ClN5O2/c1-16-12-18(22)9-10-20(16)29-15-21(28)25-23-11-5-8-19-14-27(26-24-19)13-17-6-3-2-4-7-17/h2-12,14H,13,15H2,1H3,(H,25,28)/b8-5+,23-11-. The second-order valence-corrected chi connectivity index (χ2v) is 6.63. The second kappa shape index (κ2) is 10.2. The van der Waals surface area contributed by atoms with Crippen LogP contribution in [0.2, 0.25) is 5.02 Å². The van der Waals surface area contributed by atoms with Gasteiger partial charge in [-0.25, -0.2) is 10.1 Å². The van der Waals surface area contributed by atoms with Crippen LogP contribution in [-0.2, 0) is 11.3 Å². The number of nitrogens with zero attached hydrogens (tertiary/aromatic N) is 4. The Morgan fingerprint density at radius 2 is 2.10 bits per heavy atom. The molecule has 148 valence electrons. The fourth-order valence-electron chi connectivity index (χ4n) is 2.48. The number of halogens is 1. The molecule has 0 aliphatic carbocycles. The summed E-state index contributed by atoms with van der Waals surface area (Å²) >= 11 is 5.89. The topological polar surface area (TPSA) is 81.4 Å². The number of hydrazone groups is 1. The van der Waals surface area contributed by atoms with E-state index in [0.717, 1.165) is 11.1 Å². The monoisotopic (exact) mass is 409 g/mol. The van der Waals surface area contributed by atoms with Gasteiger partial charge in [-0.3, -0.25) is 4.79 Å². The molecular formula is C21H20ClN5O2. The van der Waals surface area contributed by atoms with Gasteiger partial charge in [0.25, 0.3) is 5.91 Å². The molecule has 1 aromatic heterocycles. The Balaban J connectivity index is 1.41. The average Bonchev–Trinajstić information content (AvgIpc) is 3.15. The minimum absolute atomic E-state index is 0.142. The van der Waals surface area contributed by atoms with E-state index in [1.165, 1.54) is 6.21 Å². The molecule has 1 N–H and O–H groups in total. The van der Waals surface area contributed by atoms with Gasteiger partial charge >= 0.3 is 0 Å². The van der Waals surface area contributed by atoms with Crippen LogP contribution in [0, 0.1) is 6.92 Å². The number of allylic oxidation sites excluding steroid dienone is 1. The summed E-state index contributed by atoms with van der Waals surface area (Å²) in [6.45, 7) is 2.37. The summed E-state index contributed by atoms with van der Waals surface area (Å²) in [5.74, 6) is 0.241. The highest BCUT2D eigenvalue weighted by Crippen LogP contribution is 2.21. The van der Waals surface area contributed by atoms with E-state index in [4.69, 9.17) is 16.3 Å². The molecule has 0 saturated carbocycles. The SMILES string of the molecule is Cc1cc(Cl)ccc1OCC(=O)N/N=C\C=C\c1cn(Cc2ccccc2)nn1. The van der Waals surface area contributed by atoms with Crippen molar-refractivity contribution in [2.75, 3.05) is 6.61 Å². The largest absolute Gasteiger partial charge is 0.483 e. The van der Waals surface area contributed by atoms with Crippen molar-refractivity contribution >= 4 is 29.8 Å². The minimum Gasteiger partial charge on any atom is -0.483 e. The molecule has 0 radical (unpaired) electrons. The van der Waals surface area contributed by atoms with E-state index >= 15 is 0 Å². The molecule has 2 aromatic carbocycles. The van der Waals surface area contributed by atoms with E-state index in [9.17, 15) is 4.79 Å². The van der Waals surface area contributed by atoms with Gasteiger partial charge in [-0.15, -0.1) is 5.10 Å². The van der Waals surface area contributed by atoms with Crippen LogP contribution in [0.25, 0.3) is 6.08 Å². The van der Waals surface area contributed by atoms with E-state index in [1.807, 2.05) is 43.5 Å². The first-order valence-corrected chi connectivity index (χ1v) is 9.29. The molecule has 0 atom stereocenters. The van der Waals surface area contributed by atoms with Gasteiger partial charge in [0.2, 0.25) is 0 Å². The quantitative estimate of drug-likeness (QED) is 0.456. The number of aromatic nitrogens is 3. The summed E-state index contributed by atoms with van der Waals surface area (Å²) in [6, 6.07) is 15.2. The van der Waals surface area contributed by atoms with Gasteiger partial charge in [-0.1, -0.05) is 47.1 Å². The van der Waals surface area contributed by atoms with Crippen molar-refractivity contribution in [3.63, 3.8) is 0 Å². The Labute approximate surface area is 173 Å². The summed E-state index contributed by atoms with van der Waals surface area (Å²) < 4.78 is 7.20. The predicted molar refractivity (Wildman–Crippen MR) is 113 cm³/mol. The van der Waals surface area contributed by atoms with Crippen LogP contribution in [0.3, 0.4) is 0 Å². The zero-order chi connectivity index (χ0) is 20.5. The van der Waals surface area contributed by atoms with Crippen molar-refractivity contribution in [3.8, 4) is 5.75 Å². The molecule has 7 nitrogen and oxygen atoms in total. The van der Waals surface area contributed by atoms with Gasteiger partial charge in [0.05, 0.1) is 12.7 Å². The zero-order valence-corrected chi connectivity index (χ0v) is 16.6.